The van der Waals surface area contributed by atoms with Crippen molar-refractivity contribution in [2.45, 2.75) is 26.3 Å². The molecule has 1 saturated heterocycles. The predicted molar refractivity (Wildman–Crippen MR) is 139 cm³/mol. The maximum Gasteiger partial charge on any atom is 0.419 e. The molecule has 1 fully saturated rings. The molecule has 0 spiro atoms. The van der Waals surface area contributed by atoms with E-state index in [1.165, 1.54) is 6.07 Å². The predicted octanol–water partition coefficient (Wildman–Crippen LogP) is 7.07. The lowest BCUT2D eigenvalue weighted by Crippen LogP contribution is -2.31. The molecule has 196 valence electrons. The zero-order valence-corrected chi connectivity index (χ0v) is 20.9. The highest BCUT2D eigenvalue weighted by Gasteiger charge is 2.44. The Hall–Kier alpha value is -4.00. The third-order valence-corrected chi connectivity index (χ3v) is 7.11. The van der Waals surface area contributed by atoms with Gasteiger partial charge in [-0.15, -0.1) is 0 Å². The van der Waals surface area contributed by atoms with E-state index in [1.54, 1.807) is 29.2 Å². The molecule has 0 saturated carbocycles. The molecule has 0 aromatic heterocycles. The minimum Gasteiger partial charge on any atom is -0.488 e. The molecule has 2 unspecified atom stereocenters. The van der Waals surface area contributed by atoms with Crippen LogP contribution in [0.15, 0.2) is 97.1 Å². The van der Waals surface area contributed by atoms with Crippen LogP contribution in [0.4, 0.5) is 13.2 Å². The molecule has 5 rings (SSSR count). The van der Waals surface area contributed by atoms with Gasteiger partial charge < -0.3 is 14.4 Å². The van der Waals surface area contributed by atoms with Gasteiger partial charge in [0, 0.05) is 30.5 Å². The second-order valence-corrected chi connectivity index (χ2v) is 9.93. The van der Waals surface area contributed by atoms with Crippen LogP contribution in [-0.2, 0) is 19.4 Å². The largest absolute Gasteiger partial charge is 0.488 e. The number of hydrogen-bond acceptors (Lipinski definition) is 3. The van der Waals surface area contributed by atoms with Gasteiger partial charge in [0.05, 0.1) is 11.1 Å². The van der Waals surface area contributed by atoms with E-state index in [9.17, 15) is 18.0 Å². The summed E-state index contributed by atoms with van der Waals surface area (Å²) in [5.41, 5.74) is 0.150. The van der Waals surface area contributed by atoms with Gasteiger partial charge in [0.25, 0.3) is 5.91 Å². The van der Waals surface area contributed by atoms with Crippen molar-refractivity contribution in [1.82, 2.24) is 4.90 Å². The molecular formula is C31H28F3NO3. The van der Waals surface area contributed by atoms with Gasteiger partial charge in [-0.1, -0.05) is 91.9 Å². The van der Waals surface area contributed by atoms with Gasteiger partial charge in [-0.25, -0.2) is 0 Å². The smallest absolute Gasteiger partial charge is 0.419 e. The number of likely N-dealkylation sites (tertiary alicyclic amines) is 1. The fourth-order valence-electron chi connectivity index (χ4n) is 4.95. The number of halogens is 3. The van der Waals surface area contributed by atoms with Crippen LogP contribution in [0.25, 0.3) is 0 Å². The van der Waals surface area contributed by atoms with Gasteiger partial charge in [-0.2, -0.15) is 13.2 Å². The maximum atomic E-state index is 14.2. The van der Waals surface area contributed by atoms with Crippen LogP contribution < -0.4 is 9.47 Å². The summed E-state index contributed by atoms with van der Waals surface area (Å²) in [5, 5.41) is 0. The first-order valence-electron chi connectivity index (χ1n) is 12.5. The Kier molecular flexibility index (Phi) is 7.02. The normalized spacial score (nSPS) is 20.3. The fourth-order valence-corrected chi connectivity index (χ4v) is 4.95. The average molecular weight is 520 g/mol. The van der Waals surface area contributed by atoms with Crippen LogP contribution in [0.3, 0.4) is 0 Å². The number of alkyl halides is 3. The van der Waals surface area contributed by atoms with Crippen LogP contribution in [-0.4, -0.2) is 23.9 Å². The van der Waals surface area contributed by atoms with Gasteiger partial charge >= 0.3 is 6.18 Å². The van der Waals surface area contributed by atoms with Crippen LogP contribution in [0, 0.1) is 11.3 Å². The van der Waals surface area contributed by atoms with E-state index in [0.29, 0.717) is 13.1 Å². The minimum absolute atomic E-state index is 0.0554. The number of allylic oxidation sites excluding steroid dienone is 2. The van der Waals surface area contributed by atoms with E-state index < -0.39 is 17.6 Å². The number of amides is 1. The molecule has 0 radical (unpaired) electrons. The topological polar surface area (TPSA) is 38.8 Å². The number of nitrogens with zero attached hydrogens (tertiary/aromatic N) is 1. The molecule has 1 amide bonds. The van der Waals surface area contributed by atoms with Gasteiger partial charge in [0.2, 0.25) is 0 Å². The molecule has 7 heteroatoms. The summed E-state index contributed by atoms with van der Waals surface area (Å²) in [6.45, 7) is 2.92. The summed E-state index contributed by atoms with van der Waals surface area (Å²) >= 11 is 0. The van der Waals surface area contributed by atoms with Crippen LogP contribution >= 0.6 is 0 Å². The first-order chi connectivity index (χ1) is 18.2. The molecule has 3 aromatic rings. The molecule has 0 N–H and O–H groups in total. The van der Waals surface area contributed by atoms with Crippen molar-refractivity contribution in [2.75, 3.05) is 13.1 Å². The number of fused-ring (bicyclic) bond motifs is 1. The van der Waals surface area contributed by atoms with Crippen molar-refractivity contribution in [1.29, 1.82) is 0 Å². The number of ether oxygens (including phenoxy) is 2. The third kappa shape index (κ3) is 5.47. The summed E-state index contributed by atoms with van der Waals surface area (Å²) in [4.78, 5) is 15.3. The molecular weight excluding hydrogens is 491 g/mol. The lowest BCUT2D eigenvalue weighted by Gasteiger charge is -2.26. The second-order valence-electron chi connectivity index (χ2n) is 9.93. The summed E-state index contributed by atoms with van der Waals surface area (Å²) in [6, 6.07) is 20.3. The third-order valence-electron chi connectivity index (χ3n) is 7.11. The monoisotopic (exact) mass is 519 g/mol. The molecule has 3 aromatic carbocycles. The quantitative estimate of drug-likeness (QED) is 0.335. The summed E-state index contributed by atoms with van der Waals surface area (Å²) < 4.78 is 54.3. The molecule has 2 atom stereocenters. The van der Waals surface area contributed by atoms with E-state index in [-0.39, 0.29) is 41.6 Å². The average Bonchev–Trinajstić information content (AvgIpc) is 3.28. The van der Waals surface area contributed by atoms with E-state index in [2.05, 4.69) is 13.0 Å². The Morgan fingerprint density at radius 1 is 0.921 bits per heavy atom. The van der Waals surface area contributed by atoms with E-state index >= 15 is 0 Å². The minimum atomic E-state index is -4.73. The number of hydrogen-bond donors (Lipinski definition) is 0. The van der Waals surface area contributed by atoms with Crippen molar-refractivity contribution in [2.24, 2.45) is 11.3 Å². The van der Waals surface area contributed by atoms with Crippen LogP contribution in [0.2, 0.25) is 0 Å². The molecule has 4 nitrogen and oxygen atoms in total. The second kappa shape index (κ2) is 10.4. The summed E-state index contributed by atoms with van der Waals surface area (Å²) in [5.74, 6) is -0.721. The Morgan fingerprint density at radius 2 is 1.53 bits per heavy atom. The molecule has 2 aliphatic rings. The van der Waals surface area contributed by atoms with Crippen molar-refractivity contribution in [3.63, 3.8) is 0 Å². The Balaban J connectivity index is 1.51. The van der Waals surface area contributed by atoms with Crippen molar-refractivity contribution >= 4 is 5.91 Å². The van der Waals surface area contributed by atoms with Crippen molar-refractivity contribution in [3.8, 4) is 11.5 Å². The number of benzene rings is 3. The van der Waals surface area contributed by atoms with Gasteiger partial charge in [-0.05, 0) is 17.2 Å². The lowest BCUT2D eigenvalue weighted by molar-refractivity contribution is -0.139. The van der Waals surface area contributed by atoms with E-state index in [0.717, 1.165) is 17.2 Å². The van der Waals surface area contributed by atoms with E-state index in [1.807, 2.05) is 54.6 Å². The van der Waals surface area contributed by atoms with Gasteiger partial charge in [0.1, 0.15) is 24.7 Å². The molecule has 1 aliphatic carbocycles. The lowest BCUT2D eigenvalue weighted by atomic mass is 9.77. The highest BCUT2D eigenvalue weighted by Crippen LogP contribution is 2.44. The first kappa shape index (κ1) is 25.6. The summed E-state index contributed by atoms with van der Waals surface area (Å²) in [6.07, 6.45) is 3.26. The van der Waals surface area contributed by atoms with Crippen molar-refractivity contribution < 1.29 is 27.4 Å². The standard InChI is InChI=1S/C31H28F3NO3/c1-30-15-9-8-14-24(30)18-35(21-30)29(36)25-16-26(31(32,33)34)28(38-20-23-12-6-3-7-13-23)17-27(25)37-19-22-10-4-2-5-11-22/h2-17,24H,18-21H2,1H3. The highest BCUT2D eigenvalue weighted by molar-refractivity contribution is 5.98. The zero-order chi connectivity index (χ0) is 26.8. The highest BCUT2D eigenvalue weighted by atomic mass is 19.4. The van der Waals surface area contributed by atoms with Crippen LogP contribution in [0.5, 0.6) is 11.5 Å². The zero-order valence-electron chi connectivity index (χ0n) is 20.9. The SMILES string of the molecule is CC12C=CC=CC1CN(C(=O)c1cc(C(F)(F)F)c(OCc3ccccc3)cc1OCc1ccccc1)C2. The first-order valence-corrected chi connectivity index (χ1v) is 12.5. The molecule has 38 heavy (non-hydrogen) atoms. The van der Waals surface area contributed by atoms with E-state index in [4.69, 9.17) is 9.47 Å². The number of carbonyl (C=O) groups excluding carboxylic acids is 1. The number of carbonyl (C=O) groups is 1. The summed E-state index contributed by atoms with van der Waals surface area (Å²) in [7, 11) is 0. The molecule has 0 bridgehead atoms. The van der Waals surface area contributed by atoms with Gasteiger partial charge in [0.15, 0.2) is 0 Å². The Morgan fingerprint density at radius 3 is 2.11 bits per heavy atom. The number of rotatable bonds is 7. The van der Waals surface area contributed by atoms with Gasteiger partial charge in [-0.3, -0.25) is 4.79 Å². The molecule has 1 heterocycles. The van der Waals surface area contributed by atoms with Crippen molar-refractivity contribution in [3.05, 3.63) is 119 Å². The Bertz CT molecular complexity index is 1350. The maximum absolute atomic E-state index is 14.2. The molecule has 1 aliphatic heterocycles. The fraction of sp³-hybridized carbons (Fsp3) is 0.258. The Labute approximate surface area is 220 Å². The van der Waals surface area contributed by atoms with Crippen LogP contribution in [0.1, 0.15) is 34.0 Å².